The maximum Gasteiger partial charge on any atom is 0.246 e. The number of hydrogen-bond acceptors (Lipinski definition) is 5. The van der Waals surface area contributed by atoms with Crippen molar-refractivity contribution in [1.82, 2.24) is 10.2 Å². The molecule has 1 saturated carbocycles. The van der Waals surface area contributed by atoms with Crippen molar-refractivity contribution in [3.8, 4) is 0 Å². The first-order valence-electron chi connectivity index (χ1n) is 13.8. The average molecular weight is 510 g/mol. The Labute approximate surface area is 219 Å². The Bertz CT molecular complexity index is 1080. The fraction of sp³-hybridized carbons (Fsp3) is 0.621. The number of aryl methyl sites for hydroxylation is 2. The number of hydrogen-bond donors (Lipinski definition) is 2. The van der Waals surface area contributed by atoms with Crippen LogP contribution in [0.25, 0.3) is 0 Å². The van der Waals surface area contributed by atoms with Gasteiger partial charge in [0.2, 0.25) is 17.7 Å². The van der Waals surface area contributed by atoms with Crippen molar-refractivity contribution < 1.29 is 23.9 Å². The quantitative estimate of drug-likeness (QED) is 0.393. The lowest BCUT2D eigenvalue weighted by Gasteiger charge is -2.34. The summed E-state index contributed by atoms with van der Waals surface area (Å²) in [5, 5.41) is 6.23. The summed E-state index contributed by atoms with van der Waals surface area (Å²) in [6.45, 7) is 7.44. The highest BCUT2D eigenvalue weighted by Gasteiger charge is 2.72. The number of ether oxygens (including phenoxy) is 2. The molecule has 1 spiro atoms. The molecule has 1 aromatic carbocycles. The van der Waals surface area contributed by atoms with E-state index >= 15 is 0 Å². The Morgan fingerprint density at radius 2 is 1.92 bits per heavy atom. The number of amides is 3. The van der Waals surface area contributed by atoms with Crippen molar-refractivity contribution in [3.63, 3.8) is 0 Å². The van der Waals surface area contributed by atoms with E-state index in [2.05, 4.69) is 10.6 Å². The predicted molar refractivity (Wildman–Crippen MR) is 140 cm³/mol. The molecule has 0 unspecified atom stereocenters. The van der Waals surface area contributed by atoms with Crippen LogP contribution < -0.4 is 10.6 Å². The van der Waals surface area contributed by atoms with Gasteiger partial charge >= 0.3 is 0 Å². The summed E-state index contributed by atoms with van der Waals surface area (Å²) in [6, 6.07) is 5.09. The van der Waals surface area contributed by atoms with Crippen LogP contribution >= 0.6 is 0 Å². The minimum absolute atomic E-state index is 0.114. The van der Waals surface area contributed by atoms with E-state index in [-0.39, 0.29) is 23.8 Å². The van der Waals surface area contributed by atoms with Crippen LogP contribution in [-0.4, -0.2) is 66.2 Å². The second-order valence-electron chi connectivity index (χ2n) is 10.9. The van der Waals surface area contributed by atoms with Gasteiger partial charge in [-0.3, -0.25) is 14.4 Å². The summed E-state index contributed by atoms with van der Waals surface area (Å²) in [5.74, 6) is -2.04. The van der Waals surface area contributed by atoms with E-state index in [1.807, 2.05) is 51.1 Å². The third-order valence-electron chi connectivity index (χ3n) is 8.54. The highest BCUT2D eigenvalue weighted by atomic mass is 16.5. The van der Waals surface area contributed by atoms with Crippen molar-refractivity contribution in [2.75, 3.05) is 25.1 Å². The lowest BCUT2D eigenvalue weighted by Crippen LogP contribution is -2.56. The number of nitrogens with one attached hydrogen (secondary N) is 2. The van der Waals surface area contributed by atoms with E-state index in [4.69, 9.17) is 9.47 Å². The van der Waals surface area contributed by atoms with E-state index in [1.165, 1.54) is 6.42 Å². The monoisotopic (exact) mass is 509 g/mol. The number of benzene rings is 1. The van der Waals surface area contributed by atoms with Gasteiger partial charge in [0.25, 0.3) is 0 Å². The van der Waals surface area contributed by atoms with Crippen molar-refractivity contribution in [2.24, 2.45) is 11.8 Å². The van der Waals surface area contributed by atoms with E-state index in [9.17, 15) is 14.4 Å². The molecule has 3 heterocycles. The normalized spacial score (nSPS) is 30.6. The molecule has 2 saturated heterocycles. The van der Waals surface area contributed by atoms with Crippen LogP contribution in [0.1, 0.15) is 56.6 Å². The molecule has 3 amide bonds. The maximum absolute atomic E-state index is 13.9. The van der Waals surface area contributed by atoms with Gasteiger partial charge in [0, 0.05) is 31.5 Å². The second-order valence-corrected chi connectivity index (χ2v) is 10.9. The molecule has 2 bridgehead atoms. The summed E-state index contributed by atoms with van der Waals surface area (Å²) < 4.78 is 11.9. The lowest BCUT2D eigenvalue weighted by molar-refractivity contribution is -0.141. The molecule has 200 valence electrons. The minimum atomic E-state index is -1.13. The van der Waals surface area contributed by atoms with Crippen molar-refractivity contribution in [2.45, 2.75) is 83.1 Å². The SMILES string of the molecule is CCOCCCN1C(=O)[C@H]2[C@@H](C(=O)Nc3ccc(C)c(C)c3)[C@H]3C=C[C@@]2(O3)[C@H]1C(=O)NC1CCCCC1. The Morgan fingerprint density at radius 3 is 2.65 bits per heavy atom. The van der Waals surface area contributed by atoms with Crippen LogP contribution in [0.4, 0.5) is 5.69 Å². The van der Waals surface area contributed by atoms with Crippen LogP contribution in [0.3, 0.4) is 0 Å². The molecular weight excluding hydrogens is 470 g/mol. The maximum atomic E-state index is 13.9. The summed E-state index contributed by atoms with van der Waals surface area (Å²) in [5.41, 5.74) is 1.79. The Morgan fingerprint density at radius 1 is 1.14 bits per heavy atom. The number of carbonyl (C=O) groups excluding carboxylic acids is 3. The first kappa shape index (κ1) is 25.9. The molecule has 4 aliphatic rings. The highest BCUT2D eigenvalue weighted by Crippen LogP contribution is 2.55. The van der Waals surface area contributed by atoms with Gasteiger partial charge in [0.05, 0.1) is 17.9 Å². The zero-order valence-corrected chi connectivity index (χ0v) is 22.1. The molecule has 5 rings (SSSR count). The third kappa shape index (κ3) is 4.70. The molecule has 37 heavy (non-hydrogen) atoms. The lowest BCUT2D eigenvalue weighted by atomic mass is 9.74. The van der Waals surface area contributed by atoms with Crippen LogP contribution in [0, 0.1) is 25.7 Å². The van der Waals surface area contributed by atoms with Crippen molar-refractivity contribution in [3.05, 3.63) is 41.5 Å². The first-order chi connectivity index (χ1) is 17.9. The number of fused-ring (bicyclic) bond motifs is 1. The number of likely N-dealkylation sites (tertiary alicyclic amines) is 1. The minimum Gasteiger partial charge on any atom is -0.382 e. The van der Waals surface area contributed by atoms with Crippen molar-refractivity contribution in [1.29, 1.82) is 0 Å². The first-order valence-corrected chi connectivity index (χ1v) is 13.8. The zero-order valence-electron chi connectivity index (χ0n) is 22.1. The number of rotatable bonds is 9. The summed E-state index contributed by atoms with van der Waals surface area (Å²) >= 11 is 0. The van der Waals surface area contributed by atoms with Crippen LogP contribution in [0.2, 0.25) is 0 Å². The Balaban J connectivity index is 1.40. The summed E-state index contributed by atoms with van der Waals surface area (Å²) in [7, 11) is 0. The fourth-order valence-corrected chi connectivity index (χ4v) is 6.56. The number of anilines is 1. The highest BCUT2D eigenvalue weighted by molar-refractivity contribution is 6.02. The third-order valence-corrected chi connectivity index (χ3v) is 8.54. The smallest absolute Gasteiger partial charge is 0.246 e. The molecule has 3 fully saturated rings. The van der Waals surface area contributed by atoms with Gasteiger partial charge in [-0.2, -0.15) is 0 Å². The van der Waals surface area contributed by atoms with Crippen LogP contribution in [-0.2, 0) is 23.9 Å². The molecule has 2 N–H and O–H groups in total. The van der Waals surface area contributed by atoms with Crippen LogP contribution in [0.5, 0.6) is 0 Å². The summed E-state index contributed by atoms with van der Waals surface area (Å²) in [4.78, 5) is 42.9. The van der Waals surface area contributed by atoms with Gasteiger partial charge in [-0.15, -0.1) is 0 Å². The molecular formula is C29H39N3O5. The molecule has 1 aliphatic carbocycles. The fourth-order valence-electron chi connectivity index (χ4n) is 6.56. The molecule has 0 radical (unpaired) electrons. The van der Waals surface area contributed by atoms with E-state index in [0.717, 1.165) is 36.8 Å². The predicted octanol–water partition coefficient (Wildman–Crippen LogP) is 3.27. The van der Waals surface area contributed by atoms with Gasteiger partial charge in [0.1, 0.15) is 11.6 Å². The van der Waals surface area contributed by atoms with Gasteiger partial charge in [0.15, 0.2) is 0 Å². The van der Waals surface area contributed by atoms with Gasteiger partial charge < -0.3 is 25.0 Å². The molecule has 8 heteroatoms. The topological polar surface area (TPSA) is 97.0 Å². The molecule has 3 aliphatic heterocycles. The van der Waals surface area contributed by atoms with Gasteiger partial charge in [-0.05, 0) is 63.3 Å². The molecule has 1 aromatic rings. The van der Waals surface area contributed by atoms with E-state index in [0.29, 0.717) is 31.9 Å². The molecule has 0 aromatic heterocycles. The zero-order chi connectivity index (χ0) is 26.2. The Hall–Kier alpha value is -2.71. The standard InChI is InChI=1S/C29H39N3O5/c1-4-36-16-8-15-32-25(27(34)30-20-9-6-5-7-10-20)29-14-13-22(37-29)23(24(29)28(32)35)26(33)31-21-12-11-18(2)19(3)17-21/h11-14,17,20,22-25H,4-10,15-16H2,1-3H3,(H,30,34)(H,31,33)/t22-,23+,24-,25-,29+/m1/s1. The van der Waals surface area contributed by atoms with Gasteiger partial charge in [-0.1, -0.05) is 37.5 Å². The van der Waals surface area contributed by atoms with Crippen LogP contribution in [0.15, 0.2) is 30.4 Å². The number of nitrogens with zero attached hydrogens (tertiary/aromatic N) is 1. The molecule has 8 nitrogen and oxygen atoms in total. The molecule has 5 atom stereocenters. The van der Waals surface area contributed by atoms with Gasteiger partial charge in [-0.25, -0.2) is 0 Å². The van der Waals surface area contributed by atoms with E-state index < -0.39 is 29.6 Å². The van der Waals surface area contributed by atoms with Crippen molar-refractivity contribution >= 4 is 23.4 Å². The second kappa shape index (κ2) is 10.6. The Kier molecular flexibility index (Phi) is 7.41. The van der Waals surface area contributed by atoms with E-state index in [1.54, 1.807) is 4.90 Å². The number of carbonyl (C=O) groups is 3. The average Bonchev–Trinajstić information content (AvgIpc) is 3.52. The summed E-state index contributed by atoms with van der Waals surface area (Å²) in [6.07, 6.45) is 9.10. The largest absolute Gasteiger partial charge is 0.382 e.